The number of hydrogen-bond donors (Lipinski definition) is 2. The number of hydrogen-bond acceptors (Lipinski definition) is 4. The molecule has 1 aliphatic rings. The number of likely N-dealkylation sites (tertiary alicyclic amines) is 1. The number of para-hydroxylation sites is 1. The van der Waals surface area contributed by atoms with Crippen LogP contribution in [0, 0.1) is 5.92 Å². The molecule has 0 radical (unpaired) electrons. The SMILES string of the molecule is COC(=O)CC(NC(=O)C1CCCN(C(=O)Nc2ccccc2)C1)c1ccc(Cl)cc1. The van der Waals surface area contributed by atoms with Crippen LogP contribution in [0.2, 0.25) is 5.02 Å². The second-order valence-corrected chi connectivity index (χ2v) is 7.91. The minimum Gasteiger partial charge on any atom is -0.469 e. The number of ether oxygens (including phenoxy) is 1. The van der Waals surface area contributed by atoms with Crippen molar-refractivity contribution in [3.63, 3.8) is 0 Å². The van der Waals surface area contributed by atoms with E-state index in [0.717, 1.165) is 12.0 Å². The van der Waals surface area contributed by atoms with Crippen molar-refractivity contribution in [3.8, 4) is 0 Å². The highest BCUT2D eigenvalue weighted by Crippen LogP contribution is 2.23. The number of amides is 3. The maximum atomic E-state index is 13.0. The molecule has 3 rings (SSSR count). The van der Waals surface area contributed by atoms with E-state index in [1.165, 1.54) is 7.11 Å². The lowest BCUT2D eigenvalue weighted by Crippen LogP contribution is -2.47. The molecule has 2 atom stereocenters. The van der Waals surface area contributed by atoms with Crippen molar-refractivity contribution in [2.75, 3.05) is 25.5 Å². The Bertz CT molecular complexity index is 905. The van der Waals surface area contributed by atoms with Crippen LogP contribution in [0.5, 0.6) is 0 Å². The summed E-state index contributed by atoms with van der Waals surface area (Å²) in [5, 5.41) is 6.38. The highest BCUT2D eigenvalue weighted by Gasteiger charge is 2.30. The van der Waals surface area contributed by atoms with E-state index in [4.69, 9.17) is 16.3 Å². The summed E-state index contributed by atoms with van der Waals surface area (Å²) in [5.74, 6) is -0.975. The standard InChI is InChI=1S/C23H26ClN3O4/c1-31-21(28)14-20(16-9-11-18(24)12-10-16)26-22(29)17-6-5-13-27(15-17)23(30)25-19-7-3-2-4-8-19/h2-4,7-12,17,20H,5-6,13-15H2,1H3,(H,25,30)(H,26,29). The van der Waals surface area contributed by atoms with Crippen molar-refractivity contribution >= 4 is 35.2 Å². The quantitative estimate of drug-likeness (QED) is 0.660. The summed E-state index contributed by atoms with van der Waals surface area (Å²) >= 11 is 5.96. The molecule has 2 aromatic carbocycles. The Kier molecular flexibility index (Phi) is 7.89. The zero-order chi connectivity index (χ0) is 22.2. The summed E-state index contributed by atoms with van der Waals surface area (Å²) in [5.41, 5.74) is 1.47. The molecular weight excluding hydrogens is 418 g/mol. The molecule has 31 heavy (non-hydrogen) atoms. The molecule has 164 valence electrons. The zero-order valence-electron chi connectivity index (χ0n) is 17.3. The molecule has 2 unspecified atom stereocenters. The van der Waals surface area contributed by atoms with Crippen LogP contribution >= 0.6 is 11.6 Å². The van der Waals surface area contributed by atoms with E-state index in [2.05, 4.69) is 10.6 Å². The van der Waals surface area contributed by atoms with Gasteiger partial charge in [0.1, 0.15) is 0 Å². The Morgan fingerprint density at radius 2 is 1.84 bits per heavy atom. The Morgan fingerprint density at radius 3 is 2.52 bits per heavy atom. The number of piperidine rings is 1. The number of nitrogens with one attached hydrogen (secondary N) is 2. The van der Waals surface area contributed by atoms with Crippen molar-refractivity contribution in [3.05, 3.63) is 65.2 Å². The second-order valence-electron chi connectivity index (χ2n) is 7.47. The van der Waals surface area contributed by atoms with E-state index in [1.807, 2.05) is 30.3 Å². The Labute approximate surface area is 186 Å². The van der Waals surface area contributed by atoms with Crippen LogP contribution in [-0.4, -0.2) is 43.0 Å². The largest absolute Gasteiger partial charge is 0.469 e. The lowest BCUT2D eigenvalue weighted by molar-refractivity contribution is -0.141. The number of benzene rings is 2. The zero-order valence-corrected chi connectivity index (χ0v) is 18.1. The van der Waals surface area contributed by atoms with E-state index >= 15 is 0 Å². The summed E-state index contributed by atoms with van der Waals surface area (Å²) in [6, 6.07) is 15.4. The van der Waals surface area contributed by atoms with E-state index in [9.17, 15) is 14.4 Å². The normalized spacial score (nSPS) is 16.8. The molecule has 0 bridgehead atoms. The first kappa shape index (κ1) is 22.6. The van der Waals surface area contributed by atoms with Crippen LogP contribution in [0.1, 0.15) is 30.9 Å². The fourth-order valence-corrected chi connectivity index (χ4v) is 3.71. The molecule has 2 aromatic rings. The second kappa shape index (κ2) is 10.8. The van der Waals surface area contributed by atoms with Gasteiger partial charge in [0.2, 0.25) is 5.91 Å². The third-order valence-electron chi connectivity index (χ3n) is 5.29. The number of carbonyl (C=O) groups excluding carboxylic acids is 3. The molecule has 2 N–H and O–H groups in total. The fourth-order valence-electron chi connectivity index (χ4n) is 3.59. The van der Waals surface area contributed by atoms with E-state index < -0.39 is 12.0 Å². The number of carbonyl (C=O) groups is 3. The van der Waals surface area contributed by atoms with Gasteiger partial charge >= 0.3 is 12.0 Å². The predicted molar refractivity (Wildman–Crippen MR) is 119 cm³/mol. The van der Waals surface area contributed by atoms with E-state index in [-0.39, 0.29) is 24.3 Å². The molecule has 8 heteroatoms. The van der Waals surface area contributed by atoms with Crippen LogP contribution in [0.15, 0.2) is 54.6 Å². The third-order valence-corrected chi connectivity index (χ3v) is 5.54. The van der Waals surface area contributed by atoms with Crippen LogP contribution < -0.4 is 10.6 Å². The van der Waals surface area contributed by atoms with Gasteiger partial charge in [-0.1, -0.05) is 41.9 Å². The number of nitrogens with zero attached hydrogens (tertiary/aromatic N) is 1. The fraction of sp³-hybridized carbons (Fsp3) is 0.348. The molecular formula is C23H26ClN3O4. The highest BCUT2D eigenvalue weighted by molar-refractivity contribution is 6.30. The van der Waals surface area contributed by atoms with Crippen molar-refractivity contribution < 1.29 is 19.1 Å². The van der Waals surface area contributed by atoms with Gasteiger partial charge in [0.25, 0.3) is 0 Å². The molecule has 7 nitrogen and oxygen atoms in total. The molecule has 0 aliphatic carbocycles. The Morgan fingerprint density at radius 1 is 1.13 bits per heavy atom. The van der Waals surface area contributed by atoms with Gasteiger partial charge in [-0.05, 0) is 42.7 Å². The number of anilines is 1. The number of rotatable bonds is 6. The van der Waals surface area contributed by atoms with Crippen molar-refractivity contribution in [2.45, 2.75) is 25.3 Å². The maximum absolute atomic E-state index is 13.0. The van der Waals surface area contributed by atoms with Crippen LogP contribution in [0.4, 0.5) is 10.5 Å². The minimum atomic E-state index is -0.536. The van der Waals surface area contributed by atoms with Gasteiger partial charge in [-0.15, -0.1) is 0 Å². The molecule has 0 aromatic heterocycles. The molecule has 1 saturated heterocycles. The summed E-state index contributed by atoms with van der Waals surface area (Å²) in [7, 11) is 1.31. The summed E-state index contributed by atoms with van der Waals surface area (Å²) in [6.45, 7) is 0.904. The van der Waals surface area contributed by atoms with Crippen molar-refractivity contribution in [1.29, 1.82) is 0 Å². The summed E-state index contributed by atoms with van der Waals surface area (Å²) in [6.07, 6.45) is 1.41. The molecule has 1 fully saturated rings. The molecule has 0 spiro atoms. The molecule has 1 heterocycles. The van der Waals surface area contributed by atoms with Crippen LogP contribution in [-0.2, 0) is 14.3 Å². The first-order valence-electron chi connectivity index (χ1n) is 10.2. The molecule has 0 saturated carbocycles. The van der Waals surface area contributed by atoms with Crippen LogP contribution in [0.3, 0.4) is 0 Å². The highest BCUT2D eigenvalue weighted by atomic mass is 35.5. The van der Waals surface area contributed by atoms with Gasteiger partial charge in [-0.25, -0.2) is 4.79 Å². The van der Waals surface area contributed by atoms with Gasteiger partial charge in [-0.2, -0.15) is 0 Å². The van der Waals surface area contributed by atoms with Crippen molar-refractivity contribution in [2.24, 2.45) is 5.92 Å². The monoisotopic (exact) mass is 443 g/mol. The molecule has 3 amide bonds. The van der Waals surface area contributed by atoms with Gasteiger partial charge in [0, 0.05) is 23.8 Å². The van der Waals surface area contributed by atoms with Gasteiger partial charge in [0.05, 0.1) is 25.5 Å². The Balaban J connectivity index is 1.64. The van der Waals surface area contributed by atoms with E-state index in [0.29, 0.717) is 30.2 Å². The van der Waals surface area contributed by atoms with Gasteiger partial charge < -0.3 is 20.3 Å². The Hall–Kier alpha value is -3.06. The number of halogens is 1. The predicted octanol–water partition coefficient (Wildman–Crippen LogP) is 4.00. The topological polar surface area (TPSA) is 87.7 Å². The minimum absolute atomic E-state index is 0.00873. The number of methoxy groups -OCH3 is 1. The van der Waals surface area contributed by atoms with E-state index in [1.54, 1.807) is 29.2 Å². The number of urea groups is 1. The average molecular weight is 444 g/mol. The van der Waals surface area contributed by atoms with Gasteiger partial charge in [-0.3, -0.25) is 9.59 Å². The lowest BCUT2D eigenvalue weighted by Gasteiger charge is -2.33. The third kappa shape index (κ3) is 6.46. The first-order valence-corrected chi connectivity index (χ1v) is 10.6. The summed E-state index contributed by atoms with van der Waals surface area (Å²) < 4.78 is 4.78. The van der Waals surface area contributed by atoms with Gasteiger partial charge in [0.15, 0.2) is 0 Å². The van der Waals surface area contributed by atoms with Crippen LogP contribution in [0.25, 0.3) is 0 Å². The smallest absolute Gasteiger partial charge is 0.321 e. The average Bonchev–Trinajstić information content (AvgIpc) is 2.79. The summed E-state index contributed by atoms with van der Waals surface area (Å²) in [4.78, 5) is 39.1. The molecule has 1 aliphatic heterocycles. The maximum Gasteiger partial charge on any atom is 0.321 e. The first-order chi connectivity index (χ1) is 15.0. The lowest BCUT2D eigenvalue weighted by atomic mass is 9.95. The number of esters is 1. The van der Waals surface area contributed by atoms with Crippen molar-refractivity contribution in [1.82, 2.24) is 10.2 Å².